The highest BCUT2D eigenvalue weighted by Gasteiger charge is 2.33. The van der Waals surface area contributed by atoms with Gasteiger partial charge in [-0.25, -0.2) is 0 Å². The van der Waals surface area contributed by atoms with Crippen LogP contribution in [0.3, 0.4) is 0 Å². The van der Waals surface area contributed by atoms with Crippen LogP contribution in [0, 0.1) is 0 Å². The molecule has 124 valence electrons. The van der Waals surface area contributed by atoms with Crippen LogP contribution in [0.1, 0.15) is 11.5 Å². The average molecular weight is 354 g/mol. The Balaban J connectivity index is 1.75. The van der Waals surface area contributed by atoms with Crippen molar-refractivity contribution < 1.29 is 17.6 Å². The normalized spacial score (nSPS) is 11.5. The van der Waals surface area contributed by atoms with E-state index in [-0.39, 0.29) is 24.0 Å². The van der Waals surface area contributed by atoms with Gasteiger partial charge in [0.1, 0.15) is 0 Å². The van der Waals surface area contributed by atoms with E-state index in [1.54, 1.807) is 24.3 Å². The topological polar surface area (TPSA) is 51.0 Å². The highest BCUT2D eigenvalue weighted by molar-refractivity contribution is 6.30. The molecule has 1 heterocycles. The number of hydrogen-bond donors (Lipinski definition) is 1. The van der Waals surface area contributed by atoms with E-state index in [9.17, 15) is 13.2 Å². The second-order valence-corrected chi connectivity index (χ2v) is 5.34. The molecule has 0 bridgehead atoms. The molecule has 0 aliphatic heterocycles. The average Bonchev–Trinajstić information content (AvgIpc) is 3.01. The molecule has 0 fully saturated rings. The molecule has 0 aliphatic carbocycles. The molecule has 0 atom stereocenters. The second-order valence-electron chi connectivity index (χ2n) is 4.91. The molecule has 2 aromatic carbocycles. The summed E-state index contributed by atoms with van der Waals surface area (Å²) in [5.41, 5.74) is -0.163. The minimum atomic E-state index is -4.44. The van der Waals surface area contributed by atoms with Crippen LogP contribution in [-0.4, -0.2) is 10.2 Å². The molecule has 8 heteroatoms. The van der Waals surface area contributed by atoms with E-state index in [1.807, 2.05) is 0 Å². The lowest BCUT2D eigenvalue weighted by molar-refractivity contribution is -0.137. The van der Waals surface area contributed by atoms with Crippen LogP contribution in [0.15, 0.2) is 52.9 Å². The first-order valence-electron chi connectivity index (χ1n) is 6.92. The number of aromatic nitrogens is 2. The first-order valence-corrected chi connectivity index (χ1v) is 7.30. The van der Waals surface area contributed by atoms with Gasteiger partial charge in [0.2, 0.25) is 11.8 Å². The third-order valence-electron chi connectivity index (χ3n) is 3.20. The van der Waals surface area contributed by atoms with Crippen LogP contribution in [0.25, 0.3) is 11.5 Å². The number of alkyl halides is 3. The molecule has 0 unspecified atom stereocenters. The smallest absolute Gasteiger partial charge is 0.418 e. The molecule has 4 nitrogen and oxygen atoms in total. The fourth-order valence-electron chi connectivity index (χ4n) is 2.12. The minimum Gasteiger partial charge on any atom is -0.419 e. The number of rotatable bonds is 4. The summed E-state index contributed by atoms with van der Waals surface area (Å²) >= 11 is 5.89. The van der Waals surface area contributed by atoms with Gasteiger partial charge in [0.05, 0.1) is 12.1 Å². The fourth-order valence-corrected chi connectivity index (χ4v) is 2.31. The lowest BCUT2D eigenvalue weighted by Gasteiger charge is -2.13. The van der Waals surface area contributed by atoms with Gasteiger partial charge in [-0.05, 0) is 30.3 Å². The molecule has 0 saturated heterocycles. The highest BCUT2D eigenvalue weighted by Crippen LogP contribution is 2.34. The number of halogens is 4. The number of para-hydroxylation sites is 1. The fraction of sp³-hybridized carbons (Fsp3) is 0.125. The Morgan fingerprint density at radius 1 is 1.04 bits per heavy atom. The van der Waals surface area contributed by atoms with Crippen LogP contribution in [0.2, 0.25) is 5.02 Å². The van der Waals surface area contributed by atoms with E-state index in [0.717, 1.165) is 6.07 Å². The Hall–Kier alpha value is -2.54. The van der Waals surface area contributed by atoms with Gasteiger partial charge in [-0.1, -0.05) is 29.8 Å². The van der Waals surface area contributed by atoms with E-state index in [1.165, 1.54) is 18.2 Å². The number of nitrogens with zero attached hydrogens (tertiary/aromatic N) is 2. The summed E-state index contributed by atoms with van der Waals surface area (Å²) in [6.07, 6.45) is -4.44. The lowest BCUT2D eigenvalue weighted by atomic mass is 10.1. The quantitative estimate of drug-likeness (QED) is 0.715. The maximum atomic E-state index is 12.9. The summed E-state index contributed by atoms with van der Waals surface area (Å²) in [5.74, 6) is 0.417. The van der Waals surface area contributed by atoms with Crippen LogP contribution >= 0.6 is 11.6 Å². The summed E-state index contributed by atoms with van der Waals surface area (Å²) in [7, 11) is 0. The molecule has 0 radical (unpaired) electrons. The molecule has 3 rings (SSSR count). The number of nitrogens with one attached hydrogen (secondary N) is 1. The van der Waals surface area contributed by atoms with Crippen molar-refractivity contribution in [2.75, 3.05) is 5.32 Å². The zero-order valence-electron chi connectivity index (χ0n) is 12.1. The van der Waals surface area contributed by atoms with Crippen LogP contribution in [0.4, 0.5) is 18.9 Å². The van der Waals surface area contributed by atoms with E-state index in [0.29, 0.717) is 10.6 Å². The van der Waals surface area contributed by atoms with Crippen molar-refractivity contribution in [2.24, 2.45) is 0 Å². The molecule has 0 amide bonds. The zero-order valence-corrected chi connectivity index (χ0v) is 12.9. The second kappa shape index (κ2) is 6.52. The molecular weight excluding hydrogens is 343 g/mol. The van der Waals surface area contributed by atoms with Gasteiger partial charge in [0, 0.05) is 16.3 Å². The van der Waals surface area contributed by atoms with Crippen molar-refractivity contribution in [2.45, 2.75) is 12.7 Å². The largest absolute Gasteiger partial charge is 0.419 e. The molecule has 0 saturated carbocycles. The first-order chi connectivity index (χ1) is 11.4. The van der Waals surface area contributed by atoms with Gasteiger partial charge in [-0.2, -0.15) is 13.2 Å². The summed E-state index contributed by atoms with van der Waals surface area (Å²) in [4.78, 5) is 0. The van der Waals surface area contributed by atoms with Gasteiger partial charge in [-0.3, -0.25) is 0 Å². The standard InChI is InChI=1S/C16H11ClF3N3O/c17-11-5-3-4-10(8-11)15-23-22-14(24-15)9-21-13-7-2-1-6-12(13)16(18,19)20/h1-8,21H,9H2. The Bertz CT molecular complexity index is 848. The van der Waals surface area contributed by atoms with E-state index in [2.05, 4.69) is 15.5 Å². The molecule has 3 aromatic rings. The molecule has 1 aromatic heterocycles. The van der Waals surface area contributed by atoms with E-state index in [4.69, 9.17) is 16.0 Å². The van der Waals surface area contributed by atoms with Gasteiger partial charge >= 0.3 is 6.18 Å². The predicted octanol–water partition coefficient (Wildman–Crippen LogP) is 5.02. The van der Waals surface area contributed by atoms with Crippen molar-refractivity contribution >= 4 is 17.3 Å². The molecule has 1 N–H and O–H groups in total. The molecule has 0 aliphatic rings. The third-order valence-corrected chi connectivity index (χ3v) is 3.44. The van der Waals surface area contributed by atoms with Gasteiger partial charge in [0.15, 0.2) is 0 Å². The zero-order chi connectivity index (χ0) is 17.2. The van der Waals surface area contributed by atoms with Crippen molar-refractivity contribution in [1.29, 1.82) is 0 Å². The van der Waals surface area contributed by atoms with Crippen LogP contribution in [0.5, 0.6) is 0 Å². The van der Waals surface area contributed by atoms with Gasteiger partial charge in [0.25, 0.3) is 0 Å². The van der Waals surface area contributed by atoms with Crippen molar-refractivity contribution in [3.63, 3.8) is 0 Å². The maximum Gasteiger partial charge on any atom is 0.418 e. The van der Waals surface area contributed by atoms with E-state index < -0.39 is 11.7 Å². The molecular formula is C16H11ClF3N3O. The Kier molecular flexibility index (Phi) is 4.44. The van der Waals surface area contributed by atoms with Crippen molar-refractivity contribution in [3.05, 3.63) is 65.0 Å². The van der Waals surface area contributed by atoms with Crippen LogP contribution in [-0.2, 0) is 12.7 Å². The Labute approximate surface area is 140 Å². The molecule has 0 spiro atoms. The minimum absolute atomic E-state index is 0.0271. The van der Waals surface area contributed by atoms with Gasteiger partial charge in [-0.15, -0.1) is 10.2 Å². The summed E-state index contributed by atoms with van der Waals surface area (Å²) in [6, 6.07) is 12.0. The lowest BCUT2D eigenvalue weighted by Crippen LogP contribution is -2.10. The molecule has 24 heavy (non-hydrogen) atoms. The van der Waals surface area contributed by atoms with Crippen LogP contribution < -0.4 is 5.32 Å². The van der Waals surface area contributed by atoms with Crippen molar-refractivity contribution in [3.8, 4) is 11.5 Å². The van der Waals surface area contributed by atoms with Crippen molar-refractivity contribution in [1.82, 2.24) is 10.2 Å². The van der Waals surface area contributed by atoms with Gasteiger partial charge < -0.3 is 9.73 Å². The third kappa shape index (κ3) is 3.68. The maximum absolute atomic E-state index is 12.9. The highest BCUT2D eigenvalue weighted by atomic mass is 35.5. The number of benzene rings is 2. The summed E-state index contributed by atoms with van der Waals surface area (Å²) < 4.78 is 44.2. The summed E-state index contributed by atoms with van der Waals surface area (Å²) in [5, 5.41) is 10.9. The number of hydrogen-bond acceptors (Lipinski definition) is 4. The van der Waals surface area contributed by atoms with E-state index >= 15 is 0 Å². The number of anilines is 1. The first kappa shape index (κ1) is 16.3. The SMILES string of the molecule is FC(F)(F)c1ccccc1NCc1nnc(-c2cccc(Cl)c2)o1. The predicted molar refractivity (Wildman–Crippen MR) is 83.5 cm³/mol. The Morgan fingerprint density at radius 3 is 2.58 bits per heavy atom. The Morgan fingerprint density at radius 2 is 1.83 bits per heavy atom. The summed E-state index contributed by atoms with van der Waals surface area (Å²) in [6.45, 7) is -0.0271. The monoisotopic (exact) mass is 353 g/mol.